The molecule has 1 fully saturated rings. The SMILES string of the molecule is CCCCCNC(=O)c1nc(C(=O)NC2CCCCCC2)n2c1CCCC2. The largest absolute Gasteiger partial charge is 0.351 e. The summed E-state index contributed by atoms with van der Waals surface area (Å²) in [6, 6.07) is 0.239. The minimum atomic E-state index is -0.134. The Kier molecular flexibility index (Phi) is 7.30. The number of nitrogens with zero attached hydrogens (tertiary/aromatic N) is 2. The highest BCUT2D eigenvalue weighted by molar-refractivity contribution is 5.97. The van der Waals surface area contributed by atoms with Gasteiger partial charge in [0.2, 0.25) is 0 Å². The number of imidazole rings is 1. The van der Waals surface area contributed by atoms with Gasteiger partial charge in [0, 0.05) is 19.1 Å². The first kappa shape index (κ1) is 19.9. The molecule has 0 atom stereocenters. The van der Waals surface area contributed by atoms with E-state index in [1.807, 2.05) is 4.57 Å². The molecular formula is C21H34N4O2. The molecule has 2 N–H and O–H groups in total. The lowest BCUT2D eigenvalue weighted by molar-refractivity contribution is 0.0917. The van der Waals surface area contributed by atoms with Crippen molar-refractivity contribution in [3.05, 3.63) is 17.2 Å². The van der Waals surface area contributed by atoms with E-state index in [1.54, 1.807) is 0 Å². The molecule has 1 aromatic rings. The second-order valence-corrected chi connectivity index (χ2v) is 7.96. The van der Waals surface area contributed by atoms with Crippen LogP contribution in [0.1, 0.15) is 104 Å². The van der Waals surface area contributed by atoms with Crippen LogP contribution in [0, 0.1) is 0 Å². The number of carbonyl (C=O) groups is 2. The Bertz CT molecular complexity index is 645. The van der Waals surface area contributed by atoms with Crippen molar-refractivity contribution in [2.75, 3.05) is 6.54 Å². The quantitative estimate of drug-likeness (QED) is 0.566. The Hall–Kier alpha value is -1.85. The molecule has 6 heteroatoms. The van der Waals surface area contributed by atoms with Crippen LogP contribution in [-0.4, -0.2) is 34.0 Å². The highest BCUT2D eigenvalue weighted by atomic mass is 16.2. The fourth-order valence-electron chi connectivity index (χ4n) is 4.23. The highest BCUT2D eigenvalue weighted by Gasteiger charge is 2.28. The van der Waals surface area contributed by atoms with Gasteiger partial charge in [-0.05, 0) is 38.5 Å². The van der Waals surface area contributed by atoms with Gasteiger partial charge in [-0.15, -0.1) is 0 Å². The van der Waals surface area contributed by atoms with Crippen LogP contribution < -0.4 is 10.6 Å². The zero-order valence-corrected chi connectivity index (χ0v) is 16.7. The van der Waals surface area contributed by atoms with E-state index in [0.29, 0.717) is 18.1 Å². The van der Waals surface area contributed by atoms with Gasteiger partial charge in [-0.2, -0.15) is 0 Å². The van der Waals surface area contributed by atoms with E-state index < -0.39 is 0 Å². The molecule has 1 saturated carbocycles. The number of fused-ring (bicyclic) bond motifs is 1. The van der Waals surface area contributed by atoms with Gasteiger partial charge in [0.05, 0.1) is 5.69 Å². The molecule has 0 saturated heterocycles. The maximum absolute atomic E-state index is 12.9. The number of hydrogen-bond donors (Lipinski definition) is 2. The van der Waals surface area contributed by atoms with Crippen LogP contribution in [0.2, 0.25) is 0 Å². The smallest absolute Gasteiger partial charge is 0.287 e. The summed E-state index contributed by atoms with van der Waals surface area (Å²) in [5, 5.41) is 6.16. The number of aromatic nitrogens is 2. The third kappa shape index (κ3) is 5.11. The van der Waals surface area contributed by atoms with Crippen LogP contribution in [0.4, 0.5) is 0 Å². The van der Waals surface area contributed by atoms with E-state index in [9.17, 15) is 9.59 Å². The van der Waals surface area contributed by atoms with E-state index in [-0.39, 0.29) is 17.9 Å². The standard InChI is InChI=1S/C21H34N4O2/c1-2-3-9-14-22-20(26)18-17-13-8-10-15-25(17)19(24-18)21(27)23-16-11-6-4-5-7-12-16/h16H,2-15H2,1H3,(H,22,26)(H,23,27). The minimum Gasteiger partial charge on any atom is -0.351 e. The Morgan fingerprint density at radius 2 is 1.81 bits per heavy atom. The predicted molar refractivity (Wildman–Crippen MR) is 106 cm³/mol. The van der Waals surface area contributed by atoms with Crippen LogP contribution in [0.3, 0.4) is 0 Å². The summed E-state index contributed by atoms with van der Waals surface area (Å²) in [5.41, 5.74) is 1.39. The molecule has 2 heterocycles. The summed E-state index contributed by atoms with van der Waals surface area (Å²) in [5.74, 6) is 0.174. The van der Waals surface area contributed by atoms with Gasteiger partial charge in [-0.1, -0.05) is 45.4 Å². The lowest BCUT2D eigenvalue weighted by atomic mass is 10.1. The molecule has 0 bridgehead atoms. The number of unbranched alkanes of at least 4 members (excludes halogenated alkanes) is 2. The average Bonchev–Trinajstić information content (AvgIpc) is 2.88. The molecule has 0 unspecified atom stereocenters. The lowest BCUT2D eigenvalue weighted by Gasteiger charge is -2.19. The molecule has 27 heavy (non-hydrogen) atoms. The van der Waals surface area contributed by atoms with E-state index in [0.717, 1.165) is 63.6 Å². The zero-order chi connectivity index (χ0) is 19.1. The summed E-state index contributed by atoms with van der Waals surface area (Å²) in [6.45, 7) is 3.59. The van der Waals surface area contributed by atoms with Gasteiger partial charge in [-0.25, -0.2) is 4.98 Å². The summed E-state index contributed by atoms with van der Waals surface area (Å²) >= 11 is 0. The normalized spacial score (nSPS) is 17.8. The first-order chi connectivity index (χ1) is 13.2. The van der Waals surface area contributed by atoms with Crippen LogP contribution in [0.25, 0.3) is 0 Å². The van der Waals surface area contributed by atoms with Crippen molar-refractivity contribution in [3.8, 4) is 0 Å². The Labute approximate surface area is 162 Å². The summed E-state index contributed by atoms with van der Waals surface area (Å²) in [7, 11) is 0. The first-order valence-corrected chi connectivity index (χ1v) is 10.9. The molecule has 0 aromatic carbocycles. The third-order valence-corrected chi connectivity index (χ3v) is 5.79. The van der Waals surface area contributed by atoms with Crippen molar-refractivity contribution < 1.29 is 9.59 Å². The van der Waals surface area contributed by atoms with Gasteiger partial charge in [0.25, 0.3) is 11.8 Å². The number of rotatable bonds is 7. The van der Waals surface area contributed by atoms with Crippen molar-refractivity contribution in [2.24, 2.45) is 0 Å². The maximum Gasteiger partial charge on any atom is 0.287 e. The van der Waals surface area contributed by atoms with E-state index in [4.69, 9.17) is 0 Å². The van der Waals surface area contributed by atoms with E-state index in [1.165, 1.54) is 25.7 Å². The number of hydrogen-bond acceptors (Lipinski definition) is 3. The molecule has 1 aliphatic heterocycles. The fourth-order valence-corrected chi connectivity index (χ4v) is 4.23. The second kappa shape index (κ2) is 9.90. The molecular weight excluding hydrogens is 340 g/mol. The summed E-state index contributed by atoms with van der Waals surface area (Å²) < 4.78 is 1.98. The van der Waals surface area contributed by atoms with Crippen molar-refractivity contribution in [1.82, 2.24) is 20.2 Å². The Morgan fingerprint density at radius 3 is 2.56 bits per heavy atom. The van der Waals surface area contributed by atoms with Crippen molar-refractivity contribution in [2.45, 2.75) is 96.6 Å². The molecule has 2 aliphatic rings. The highest BCUT2D eigenvalue weighted by Crippen LogP contribution is 2.22. The van der Waals surface area contributed by atoms with Crippen LogP contribution in [0.5, 0.6) is 0 Å². The topological polar surface area (TPSA) is 76.0 Å². The second-order valence-electron chi connectivity index (χ2n) is 7.96. The third-order valence-electron chi connectivity index (χ3n) is 5.79. The predicted octanol–water partition coefficient (Wildman–Crippen LogP) is 3.59. The Balaban J connectivity index is 1.72. The maximum atomic E-state index is 12.9. The van der Waals surface area contributed by atoms with Crippen LogP contribution in [-0.2, 0) is 13.0 Å². The molecule has 1 aliphatic carbocycles. The summed E-state index contributed by atoms with van der Waals surface area (Å²) in [6.07, 6.45) is 13.1. The number of carbonyl (C=O) groups excluding carboxylic acids is 2. The van der Waals surface area contributed by atoms with E-state index in [2.05, 4.69) is 22.5 Å². The average molecular weight is 375 g/mol. The van der Waals surface area contributed by atoms with Crippen LogP contribution >= 0.6 is 0 Å². The van der Waals surface area contributed by atoms with Gasteiger partial charge in [0.1, 0.15) is 5.69 Å². The lowest BCUT2D eigenvalue weighted by Crippen LogP contribution is -2.36. The number of amides is 2. The fraction of sp³-hybridized carbons (Fsp3) is 0.762. The molecule has 0 spiro atoms. The van der Waals surface area contributed by atoms with Crippen LogP contribution in [0.15, 0.2) is 0 Å². The molecule has 2 amide bonds. The van der Waals surface area contributed by atoms with Gasteiger partial charge in [-0.3, -0.25) is 9.59 Å². The number of nitrogens with one attached hydrogen (secondary N) is 2. The molecule has 150 valence electrons. The molecule has 3 rings (SSSR count). The molecule has 6 nitrogen and oxygen atoms in total. The first-order valence-electron chi connectivity index (χ1n) is 10.9. The van der Waals surface area contributed by atoms with Gasteiger partial charge >= 0.3 is 0 Å². The van der Waals surface area contributed by atoms with Gasteiger partial charge in [0.15, 0.2) is 5.82 Å². The van der Waals surface area contributed by atoms with E-state index >= 15 is 0 Å². The Morgan fingerprint density at radius 1 is 1.04 bits per heavy atom. The van der Waals surface area contributed by atoms with Crippen molar-refractivity contribution >= 4 is 11.8 Å². The minimum absolute atomic E-state index is 0.116. The summed E-state index contributed by atoms with van der Waals surface area (Å²) in [4.78, 5) is 30.1. The monoisotopic (exact) mass is 374 g/mol. The van der Waals surface area contributed by atoms with Crippen molar-refractivity contribution in [1.29, 1.82) is 0 Å². The molecule has 0 radical (unpaired) electrons. The zero-order valence-electron chi connectivity index (χ0n) is 16.7. The van der Waals surface area contributed by atoms with Gasteiger partial charge < -0.3 is 15.2 Å². The van der Waals surface area contributed by atoms with Crippen molar-refractivity contribution in [3.63, 3.8) is 0 Å². The molecule has 1 aromatic heterocycles.